The summed E-state index contributed by atoms with van der Waals surface area (Å²) in [6.07, 6.45) is 1.01. The van der Waals surface area contributed by atoms with Gasteiger partial charge in [-0.2, -0.15) is 0 Å². The van der Waals surface area contributed by atoms with Gasteiger partial charge in [0.2, 0.25) is 5.13 Å². The molecule has 0 atom stereocenters. The fourth-order valence-corrected chi connectivity index (χ4v) is 4.80. The van der Waals surface area contributed by atoms with E-state index < -0.39 is 0 Å². The number of rotatable bonds is 7. The maximum atomic E-state index is 4.70. The minimum atomic E-state index is 0.800. The van der Waals surface area contributed by atoms with Crippen LogP contribution in [0.25, 0.3) is 10.9 Å². The number of aromatic nitrogens is 3. The molecule has 0 aliphatic carbocycles. The van der Waals surface area contributed by atoms with Crippen molar-refractivity contribution in [1.82, 2.24) is 15.2 Å². The number of thioether (sulfide) groups is 1. The van der Waals surface area contributed by atoms with Crippen molar-refractivity contribution >= 4 is 50.5 Å². The van der Waals surface area contributed by atoms with Gasteiger partial charge in [-0.3, -0.25) is 4.98 Å². The van der Waals surface area contributed by atoms with Gasteiger partial charge in [0.05, 0.1) is 11.2 Å². The molecule has 1 N–H and O–H groups in total. The highest BCUT2D eigenvalue weighted by molar-refractivity contribution is 8.00. The zero-order valence-corrected chi connectivity index (χ0v) is 15.8. The topological polar surface area (TPSA) is 50.7 Å². The van der Waals surface area contributed by atoms with E-state index in [1.54, 1.807) is 34.4 Å². The van der Waals surface area contributed by atoms with Gasteiger partial charge in [0.1, 0.15) is 0 Å². The van der Waals surface area contributed by atoms with Crippen molar-refractivity contribution in [2.24, 2.45) is 0 Å². The first-order chi connectivity index (χ1) is 12.4. The van der Waals surface area contributed by atoms with Crippen molar-refractivity contribution in [2.75, 3.05) is 11.9 Å². The lowest BCUT2D eigenvalue weighted by Gasteiger charge is -2.01. The van der Waals surface area contributed by atoms with Crippen LogP contribution < -0.4 is 5.32 Å². The molecule has 0 saturated heterocycles. The Bertz CT molecular complexity index is 950. The van der Waals surface area contributed by atoms with Gasteiger partial charge < -0.3 is 5.32 Å². The molecule has 126 valence electrons. The summed E-state index contributed by atoms with van der Waals surface area (Å²) in [6.45, 7) is 0.881. The van der Waals surface area contributed by atoms with Crippen molar-refractivity contribution < 1.29 is 0 Å². The van der Waals surface area contributed by atoms with Gasteiger partial charge in [-0.05, 0) is 30.0 Å². The minimum Gasteiger partial charge on any atom is -0.360 e. The SMILES string of the molecule is c1csc(CCNc2nnc(SCc3ccc4ccccc4n3)s2)c1. The molecular formula is C18H16N4S3. The van der Waals surface area contributed by atoms with Crippen LogP contribution in [0.1, 0.15) is 10.6 Å². The van der Waals surface area contributed by atoms with Crippen LogP contribution in [0.15, 0.2) is 58.3 Å². The molecule has 0 aliphatic rings. The molecule has 3 aromatic heterocycles. The van der Waals surface area contributed by atoms with E-state index >= 15 is 0 Å². The van der Waals surface area contributed by atoms with Crippen molar-refractivity contribution in [3.8, 4) is 0 Å². The normalized spacial score (nSPS) is 11.0. The second-order valence-electron chi connectivity index (χ2n) is 5.41. The quantitative estimate of drug-likeness (QED) is 0.450. The molecule has 0 amide bonds. The van der Waals surface area contributed by atoms with Gasteiger partial charge in [-0.15, -0.1) is 21.5 Å². The van der Waals surface area contributed by atoms with Crippen LogP contribution in [0.5, 0.6) is 0 Å². The van der Waals surface area contributed by atoms with Gasteiger partial charge in [0, 0.05) is 22.6 Å². The Morgan fingerprint density at radius 1 is 1.00 bits per heavy atom. The maximum Gasteiger partial charge on any atom is 0.206 e. The molecule has 0 aliphatic heterocycles. The summed E-state index contributed by atoms with van der Waals surface area (Å²) in [5.74, 6) is 0.800. The first kappa shape index (κ1) is 16.5. The van der Waals surface area contributed by atoms with Crippen LogP contribution in [0.3, 0.4) is 0 Å². The van der Waals surface area contributed by atoms with E-state index in [1.165, 1.54) is 10.3 Å². The summed E-state index contributed by atoms with van der Waals surface area (Å²) in [5.41, 5.74) is 2.10. The summed E-state index contributed by atoms with van der Waals surface area (Å²) >= 11 is 5.06. The monoisotopic (exact) mass is 384 g/mol. The van der Waals surface area contributed by atoms with Crippen LogP contribution in [-0.2, 0) is 12.2 Å². The summed E-state index contributed by atoms with van der Waals surface area (Å²) in [6, 6.07) is 16.6. The lowest BCUT2D eigenvalue weighted by atomic mass is 10.2. The fraction of sp³-hybridized carbons (Fsp3) is 0.167. The summed E-state index contributed by atoms with van der Waals surface area (Å²) < 4.78 is 0.966. The molecule has 0 bridgehead atoms. The predicted octanol–water partition coefficient (Wildman–Crippen LogP) is 5.09. The largest absolute Gasteiger partial charge is 0.360 e. The highest BCUT2D eigenvalue weighted by Crippen LogP contribution is 2.28. The van der Waals surface area contributed by atoms with E-state index in [4.69, 9.17) is 4.98 Å². The zero-order chi connectivity index (χ0) is 16.9. The van der Waals surface area contributed by atoms with Crippen LogP contribution in [0.2, 0.25) is 0 Å². The van der Waals surface area contributed by atoms with Gasteiger partial charge in [0.25, 0.3) is 0 Å². The number of hydrogen-bond acceptors (Lipinski definition) is 7. The van der Waals surface area contributed by atoms with E-state index in [0.717, 1.165) is 39.4 Å². The lowest BCUT2D eigenvalue weighted by molar-refractivity contribution is 0.979. The third kappa shape index (κ3) is 4.36. The third-order valence-electron chi connectivity index (χ3n) is 3.63. The first-order valence-corrected chi connectivity index (χ1v) is 10.6. The fourth-order valence-electron chi connectivity index (χ4n) is 2.41. The van der Waals surface area contributed by atoms with E-state index in [2.05, 4.69) is 51.2 Å². The molecule has 0 radical (unpaired) electrons. The van der Waals surface area contributed by atoms with E-state index in [9.17, 15) is 0 Å². The molecule has 0 spiro atoms. The number of para-hydroxylation sites is 1. The molecule has 25 heavy (non-hydrogen) atoms. The molecule has 0 saturated carbocycles. The van der Waals surface area contributed by atoms with Crippen molar-refractivity contribution in [3.63, 3.8) is 0 Å². The molecule has 1 aromatic carbocycles. The van der Waals surface area contributed by atoms with Gasteiger partial charge in [0.15, 0.2) is 4.34 Å². The van der Waals surface area contributed by atoms with Crippen molar-refractivity contribution in [1.29, 1.82) is 0 Å². The Balaban J connectivity index is 1.31. The Morgan fingerprint density at radius 3 is 2.88 bits per heavy atom. The van der Waals surface area contributed by atoms with Gasteiger partial charge in [-0.1, -0.05) is 53.4 Å². The van der Waals surface area contributed by atoms with Crippen LogP contribution >= 0.6 is 34.4 Å². The zero-order valence-electron chi connectivity index (χ0n) is 13.4. The first-order valence-electron chi connectivity index (χ1n) is 7.94. The number of hydrogen-bond donors (Lipinski definition) is 1. The molecule has 4 rings (SSSR count). The number of nitrogens with zero attached hydrogens (tertiary/aromatic N) is 3. The maximum absolute atomic E-state index is 4.70. The number of thiophene rings is 1. The smallest absolute Gasteiger partial charge is 0.206 e. The third-order valence-corrected chi connectivity index (χ3v) is 6.62. The van der Waals surface area contributed by atoms with E-state index in [-0.39, 0.29) is 0 Å². The van der Waals surface area contributed by atoms with E-state index in [0.29, 0.717) is 0 Å². The average molecular weight is 385 g/mol. The standard InChI is InChI=1S/C18H16N4S3/c1-2-6-16-13(4-1)7-8-14(20-16)12-24-18-22-21-17(25-18)19-10-9-15-5-3-11-23-15/h1-8,11H,9-10,12H2,(H,19,21). The highest BCUT2D eigenvalue weighted by Gasteiger charge is 2.06. The van der Waals surface area contributed by atoms with Crippen molar-refractivity contribution in [3.05, 3.63) is 64.5 Å². The second kappa shape index (κ2) is 7.95. The molecule has 7 heteroatoms. The number of fused-ring (bicyclic) bond motifs is 1. The van der Waals surface area contributed by atoms with E-state index in [1.807, 2.05) is 18.2 Å². The van der Waals surface area contributed by atoms with Crippen molar-refractivity contribution in [2.45, 2.75) is 16.5 Å². The molecule has 0 unspecified atom stereocenters. The predicted molar refractivity (Wildman–Crippen MR) is 108 cm³/mol. The van der Waals surface area contributed by atoms with Crippen LogP contribution in [0.4, 0.5) is 5.13 Å². The Hall–Kier alpha value is -1.96. The summed E-state index contributed by atoms with van der Waals surface area (Å²) in [7, 11) is 0. The summed E-state index contributed by atoms with van der Waals surface area (Å²) in [4.78, 5) is 6.08. The van der Waals surface area contributed by atoms with Gasteiger partial charge >= 0.3 is 0 Å². The number of nitrogens with one attached hydrogen (secondary N) is 1. The molecule has 4 nitrogen and oxygen atoms in total. The summed E-state index contributed by atoms with van der Waals surface area (Å²) in [5, 5.41) is 16.0. The Kier molecular flexibility index (Phi) is 5.25. The number of benzene rings is 1. The minimum absolute atomic E-state index is 0.800. The molecule has 0 fully saturated rings. The Morgan fingerprint density at radius 2 is 1.96 bits per heavy atom. The van der Waals surface area contributed by atoms with Gasteiger partial charge in [-0.25, -0.2) is 0 Å². The lowest BCUT2D eigenvalue weighted by Crippen LogP contribution is -2.03. The number of anilines is 1. The van der Waals surface area contributed by atoms with Crippen LogP contribution in [0, 0.1) is 0 Å². The second-order valence-corrected chi connectivity index (χ2v) is 8.65. The Labute approximate surface area is 158 Å². The molecule has 3 heterocycles. The molecule has 4 aromatic rings. The number of pyridine rings is 1. The molecular weight excluding hydrogens is 368 g/mol. The van der Waals surface area contributed by atoms with Crippen LogP contribution in [-0.4, -0.2) is 21.7 Å². The average Bonchev–Trinajstić information content (AvgIpc) is 3.32. The highest BCUT2D eigenvalue weighted by atomic mass is 32.2.